The van der Waals surface area contributed by atoms with Crippen LogP contribution in [-0.2, 0) is 5.41 Å². The Morgan fingerprint density at radius 1 is 1.06 bits per heavy atom. The van der Waals surface area contributed by atoms with Crippen LogP contribution in [0, 0.1) is 11.3 Å². The maximum absolute atomic E-state index is 13.7. The number of hydrogen-bond donors (Lipinski definition) is 1. The Bertz CT molecular complexity index is 1340. The Morgan fingerprint density at radius 2 is 1.79 bits per heavy atom. The molecule has 5 heteroatoms. The summed E-state index contributed by atoms with van der Waals surface area (Å²) in [5.74, 6) is 0.0726. The molecule has 5 nitrogen and oxygen atoms in total. The van der Waals surface area contributed by atoms with Crippen molar-refractivity contribution in [2.75, 3.05) is 18.0 Å². The Kier molecular flexibility index (Phi) is 4.70. The van der Waals surface area contributed by atoms with Crippen LogP contribution in [0.4, 0.5) is 5.69 Å². The van der Waals surface area contributed by atoms with Crippen LogP contribution < -0.4 is 4.90 Å². The van der Waals surface area contributed by atoms with Crippen molar-refractivity contribution < 1.29 is 4.79 Å². The first-order valence-electron chi connectivity index (χ1n) is 12.6. The van der Waals surface area contributed by atoms with Gasteiger partial charge in [0.05, 0.1) is 17.2 Å². The second kappa shape index (κ2) is 7.45. The van der Waals surface area contributed by atoms with Gasteiger partial charge in [0.2, 0.25) is 0 Å². The van der Waals surface area contributed by atoms with Crippen molar-refractivity contribution in [2.45, 2.75) is 70.5 Å². The molecule has 3 aliphatic rings. The molecule has 6 rings (SSSR count). The summed E-state index contributed by atoms with van der Waals surface area (Å²) in [5, 5.41) is 10.2. The van der Waals surface area contributed by atoms with Crippen molar-refractivity contribution in [1.29, 1.82) is 5.26 Å². The van der Waals surface area contributed by atoms with E-state index in [2.05, 4.69) is 60.7 Å². The van der Waals surface area contributed by atoms with Crippen LogP contribution in [0.5, 0.6) is 0 Å². The largest absolute Gasteiger partial charge is 0.368 e. The normalized spacial score (nSPS) is 24.4. The first-order valence-corrected chi connectivity index (χ1v) is 12.6. The Balaban J connectivity index is 1.38. The average Bonchev–Trinajstić information content (AvgIpc) is 3.18. The summed E-state index contributed by atoms with van der Waals surface area (Å²) in [6.45, 7) is 11.1. The number of carbonyl (C=O) groups excluding carboxylic acids is 1. The number of hydrogen-bond acceptors (Lipinski definition) is 4. The molecule has 1 saturated carbocycles. The van der Waals surface area contributed by atoms with Gasteiger partial charge in [0.25, 0.3) is 0 Å². The standard InChI is InChI=1S/C29H32N4O/c1-17-15-32(16-18(2)33(17)20-6-5-7-20)21-9-11-22-24(13-21)29(3,4)28-26(27(22)34)23-10-8-19(14-30)12-25(23)31-28/h8-13,17-18,20,31H,5-7,15-16H2,1-4H3/t17-,18+. The predicted molar refractivity (Wildman–Crippen MR) is 136 cm³/mol. The fourth-order valence-corrected chi connectivity index (χ4v) is 6.64. The predicted octanol–water partition coefficient (Wildman–Crippen LogP) is 5.36. The summed E-state index contributed by atoms with van der Waals surface area (Å²) in [5.41, 5.74) is 5.89. The monoisotopic (exact) mass is 452 g/mol. The number of piperazine rings is 1. The topological polar surface area (TPSA) is 63.1 Å². The first-order chi connectivity index (χ1) is 16.3. The van der Waals surface area contributed by atoms with Crippen molar-refractivity contribution in [3.8, 4) is 6.07 Å². The first kappa shape index (κ1) is 21.4. The lowest BCUT2D eigenvalue weighted by molar-refractivity contribution is 0.0374. The summed E-state index contributed by atoms with van der Waals surface area (Å²) >= 11 is 0. The highest BCUT2D eigenvalue weighted by molar-refractivity contribution is 6.20. The molecule has 0 unspecified atom stereocenters. The quantitative estimate of drug-likeness (QED) is 0.568. The van der Waals surface area contributed by atoms with Crippen LogP contribution >= 0.6 is 0 Å². The number of ketones is 1. The molecule has 2 aliphatic carbocycles. The number of nitrogens with zero attached hydrogens (tertiary/aromatic N) is 3. The van der Waals surface area contributed by atoms with E-state index in [0.717, 1.165) is 52.4 Å². The van der Waals surface area contributed by atoms with Crippen LogP contribution in [0.25, 0.3) is 10.9 Å². The molecule has 2 aromatic carbocycles. The van der Waals surface area contributed by atoms with Crippen molar-refractivity contribution in [3.05, 3.63) is 64.3 Å². The van der Waals surface area contributed by atoms with Gasteiger partial charge in [0.15, 0.2) is 5.78 Å². The molecule has 1 saturated heterocycles. The van der Waals surface area contributed by atoms with E-state index in [0.29, 0.717) is 17.6 Å². The maximum atomic E-state index is 13.7. The molecule has 2 fully saturated rings. The third-order valence-corrected chi connectivity index (χ3v) is 8.55. The lowest BCUT2D eigenvalue weighted by Gasteiger charge is -2.51. The minimum Gasteiger partial charge on any atom is -0.368 e. The summed E-state index contributed by atoms with van der Waals surface area (Å²) in [4.78, 5) is 22.4. The zero-order chi connectivity index (χ0) is 23.8. The SMILES string of the molecule is C[C@@H]1CN(c2ccc3c(c2)C(C)(C)c2[nH]c4cc(C#N)ccc4c2C3=O)C[C@H](C)N1C1CCC1. The van der Waals surface area contributed by atoms with Crippen LogP contribution in [0.15, 0.2) is 36.4 Å². The van der Waals surface area contributed by atoms with Gasteiger partial charge in [-0.25, -0.2) is 0 Å². The Hall–Kier alpha value is -3.10. The van der Waals surface area contributed by atoms with E-state index in [9.17, 15) is 10.1 Å². The van der Waals surface area contributed by atoms with Gasteiger partial charge in [-0.3, -0.25) is 9.69 Å². The number of nitrogens with one attached hydrogen (secondary N) is 1. The zero-order valence-electron chi connectivity index (χ0n) is 20.5. The molecule has 0 bridgehead atoms. The third kappa shape index (κ3) is 2.98. The lowest BCUT2D eigenvalue weighted by atomic mass is 9.71. The highest BCUT2D eigenvalue weighted by Crippen LogP contribution is 2.45. The van der Waals surface area contributed by atoms with Crippen molar-refractivity contribution in [2.24, 2.45) is 0 Å². The van der Waals surface area contributed by atoms with E-state index in [1.165, 1.54) is 24.9 Å². The minimum atomic E-state index is -0.342. The molecule has 0 spiro atoms. The Labute approximate surface area is 201 Å². The van der Waals surface area contributed by atoms with Crippen molar-refractivity contribution in [3.63, 3.8) is 0 Å². The van der Waals surface area contributed by atoms with Gasteiger partial charge >= 0.3 is 0 Å². The molecular formula is C29H32N4O. The molecule has 0 radical (unpaired) electrons. The number of H-pyrrole nitrogens is 1. The molecule has 2 heterocycles. The molecule has 1 aromatic heterocycles. The number of fused-ring (bicyclic) bond motifs is 4. The summed E-state index contributed by atoms with van der Waals surface area (Å²) in [7, 11) is 0. The maximum Gasteiger partial charge on any atom is 0.195 e. The minimum absolute atomic E-state index is 0.0726. The van der Waals surface area contributed by atoms with Crippen LogP contribution in [0.1, 0.15) is 79.7 Å². The van der Waals surface area contributed by atoms with E-state index in [1.54, 1.807) is 6.07 Å². The molecule has 0 amide bonds. The van der Waals surface area contributed by atoms with Crippen LogP contribution in [0.3, 0.4) is 0 Å². The molecule has 3 aromatic rings. The second-order valence-electron chi connectivity index (χ2n) is 11.1. The fourth-order valence-electron chi connectivity index (χ4n) is 6.64. The highest BCUT2D eigenvalue weighted by Gasteiger charge is 2.41. The average molecular weight is 453 g/mol. The lowest BCUT2D eigenvalue weighted by Crippen LogP contribution is -2.61. The van der Waals surface area contributed by atoms with E-state index in [1.807, 2.05) is 18.2 Å². The molecule has 34 heavy (non-hydrogen) atoms. The smallest absolute Gasteiger partial charge is 0.195 e. The van der Waals surface area contributed by atoms with E-state index < -0.39 is 0 Å². The van der Waals surface area contributed by atoms with Gasteiger partial charge in [-0.1, -0.05) is 26.3 Å². The van der Waals surface area contributed by atoms with Crippen LogP contribution in [-0.4, -0.2) is 46.9 Å². The van der Waals surface area contributed by atoms with E-state index >= 15 is 0 Å². The van der Waals surface area contributed by atoms with E-state index in [-0.39, 0.29) is 11.2 Å². The highest BCUT2D eigenvalue weighted by atomic mass is 16.1. The van der Waals surface area contributed by atoms with Gasteiger partial charge in [0, 0.05) is 64.5 Å². The summed E-state index contributed by atoms with van der Waals surface area (Å²) < 4.78 is 0. The molecule has 1 N–H and O–H groups in total. The second-order valence-corrected chi connectivity index (χ2v) is 11.1. The summed E-state index contributed by atoms with van der Waals surface area (Å²) in [6.07, 6.45) is 4.05. The number of benzene rings is 2. The third-order valence-electron chi connectivity index (χ3n) is 8.55. The van der Waals surface area contributed by atoms with Crippen molar-refractivity contribution >= 4 is 22.4 Å². The van der Waals surface area contributed by atoms with Gasteiger partial charge in [0.1, 0.15) is 0 Å². The molecule has 174 valence electrons. The van der Waals surface area contributed by atoms with Crippen molar-refractivity contribution in [1.82, 2.24) is 9.88 Å². The van der Waals surface area contributed by atoms with Gasteiger partial charge in [-0.15, -0.1) is 0 Å². The Morgan fingerprint density at radius 3 is 2.44 bits per heavy atom. The summed E-state index contributed by atoms with van der Waals surface area (Å²) in [6, 6.07) is 16.0. The fraction of sp³-hybridized carbons (Fsp3) is 0.448. The molecular weight excluding hydrogens is 420 g/mol. The number of aromatic nitrogens is 1. The zero-order valence-corrected chi connectivity index (χ0v) is 20.5. The van der Waals surface area contributed by atoms with Gasteiger partial charge in [-0.05, 0) is 62.6 Å². The number of aromatic amines is 1. The number of carbonyl (C=O) groups is 1. The number of rotatable bonds is 2. The molecule has 1 aliphatic heterocycles. The number of nitriles is 1. The van der Waals surface area contributed by atoms with Crippen LogP contribution in [0.2, 0.25) is 0 Å². The molecule has 2 atom stereocenters. The number of anilines is 1. The van der Waals surface area contributed by atoms with E-state index in [4.69, 9.17) is 0 Å². The van der Waals surface area contributed by atoms with Gasteiger partial charge in [-0.2, -0.15) is 5.26 Å². The van der Waals surface area contributed by atoms with Gasteiger partial charge < -0.3 is 9.88 Å².